The molecule has 1 aliphatic heterocycles. The van der Waals surface area contributed by atoms with Crippen molar-refractivity contribution in [2.24, 2.45) is 0 Å². The third kappa shape index (κ3) is 4.44. The number of rotatable bonds is 6. The van der Waals surface area contributed by atoms with Crippen molar-refractivity contribution in [1.82, 2.24) is 5.32 Å². The van der Waals surface area contributed by atoms with E-state index in [0.29, 0.717) is 26.1 Å². The minimum Gasteiger partial charge on any atom is -0.497 e. The third-order valence-corrected chi connectivity index (χ3v) is 4.24. The van der Waals surface area contributed by atoms with Crippen molar-refractivity contribution in [2.75, 3.05) is 20.3 Å². The first-order valence-corrected chi connectivity index (χ1v) is 8.47. The van der Waals surface area contributed by atoms with E-state index in [1.165, 1.54) is 0 Å². The van der Waals surface area contributed by atoms with E-state index in [9.17, 15) is 4.79 Å². The van der Waals surface area contributed by atoms with Crippen LogP contribution >= 0.6 is 0 Å². The number of aryl methyl sites for hydroxylation is 1. The van der Waals surface area contributed by atoms with Gasteiger partial charge in [-0.2, -0.15) is 0 Å². The molecule has 0 saturated carbocycles. The fourth-order valence-corrected chi connectivity index (χ4v) is 2.79. The zero-order chi connectivity index (χ0) is 17.6. The van der Waals surface area contributed by atoms with E-state index >= 15 is 0 Å². The second-order valence-corrected chi connectivity index (χ2v) is 6.04. The van der Waals surface area contributed by atoms with Crippen molar-refractivity contribution in [2.45, 2.75) is 25.8 Å². The summed E-state index contributed by atoms with van der Waals surface area (Å²) in [7, 11) is 1.64. The molecule has 2 aromatic carbocycles. The van der Waals surface area contributed by atoms with Crippen LogP contribution in [0.3, 0.4) is 0 Å². The predicted octanol–water partition coefficient (Wildman–Crippen LogP) is 3.28. The van der Waals surface area contributed by atoms with Crippen molar-refractivity contribution in [1.29, 1.82) is 0 Å². The van der Waals surface area contributed by atoms with Gasteiger partial charge in [-0.15, -0.1) is 0 Å². The number of carbonyl (C=O) groups excluding carboxylic acids is 1. The van der Waals surface area contributed by atoms with Crippen LogP contribution in [0.1, 0.15) is 30.5 Å². The van der Waals surface area contributed by atoms with Gasteiger partial charge in [-0.05, 0) is 48.7 Å². The smallest absolute Gasteiger partial charge is 0.220 e. The molecule has 1 atom stereocenters. The summed E-state index contributed by atoms with van der Waals surface area (Å²) in [5, 5.41) is 3.03. The summed E-state index contributed by atoms with van der Waals surface area (Å²) in [6.07, 6.45) is 1.10. The lowest BCUT2D eigenvalue weighted by Gasteiger charge is -2.19. The first-order chi connectivity index (χ1) is 12.2. The Morgan fingerprint density at radius 1 is 1.12 bits per heavy atom. The van der Waals surface area contributed by atoms with Gasteiger partial charge in [-0.25, -0.2) is 0 Å². The van der Waals surface area contributed by atoms with Crippen molar-refractivity contribution in [3.05, 3.63) is 53.6 Å². The first kappa shape index (κ1) is 17.1. The van der Waals surface area contributed by atoms with Crippen LogP contribution in [0.5, 0.6) is 17.2 Å². The Balaban J connectivity index is 1.52. The average molecular weight is 341 g/mol. The minimum absolute atomic E-state index is 0.0261. The lowest BCUT2D eigenvalue weighted by Crippen LogP contribution is -2.26. The number of carbonyl (C=O) groups is 1. The van der Waals surface area contributed by atoms with Crippen LogP contribution in [0, 0.1) is 0 Å². The minimum atomic E-state index is -0.0429. The fraction of sp³-hybridized carbons (Fsp3) is 0.350. The summed E-state index contributed by atoms with van der Waals surface area (Å²) in [5.41, 5.74) is 2.12. The predicted molar refractivity (Wildman–Crippen MR) is 95.3 cm³/mol. The molecule has 1 N–H and O–H groups in total. The molecule has 132 valence electrons. The SMILES string of the molecule is COc1ccc([C@@H](C)NC(=O)CCc2ccc3c(c2)OCCO3)cc1. The normalized spacial score (nSPS) is 13.8. The number of nitrogens with one attached hydrogen (secondary N) is 1. The van der Waals surface area contributed by atoms with Crippen LogP contribution in [-0.4, -0.2) is 26.2 Å². The maximum absolute atomic E-state index is 12.2. The second-order valence-electron chi connectivity index (χ2n) is 6.04. The zero-order valence-corrected chi connectivity index (χ0v) is 14.6. The molecule has 0 spiro atoms. The first-order valence-electron chi connectivity index (χ1n) is 8.47. The van der Waals surface area contributed by atoms with Gasteiger partial charge in [0.05, 0.1) is 13.2 Å². The largest absolute Gasteiger partial charge is 0.497 e. The topological polar surface area (TPSA) is 56.8 Å². The maximum Gasteiger partial charge on any atom is 0.220 e. The summed E-state index contributed by atoms with van der Waals surface area (Å²) in [5.74, 6) is 2.36. The molecule has 1 amide bonds. The molecule has 2 aromatic rings. The van der Waals surface area contributed by atoms with Gasteiger partial charge < -0.3 is 19.5 Å². The van der Waals surface area contributed by atoms with Crippen molar-refractivity contribution < 1.29 is 19.0 Å². The van der Waals surface area contributed by atoms with E-state index in [4.69, 9.17) is 14.2 Å². The van der Waals surface area contributed by atoms with Crippen LogP contribution < -0.4 is 19.5 Å². The van der Waals surface area contributed by atoms with Gasteiger partial charge in [0.2, 0.25) is 5.91 Å². The van der Waals surface area contributed by atoms with Gasteiger partial charge in [0.25, 0.3) is 0 Å². The number of hydrogen-bond acceptors (Lipinski definition) is 4. The molecule has 0 bridgehead atoms. The van der Waals surface area contributed by atoms with Crippen LogP contribution in [0.25, 0.3) is 0 Å². The molecule has 3 rings (SSSR count). The molecule has 1 aliphatic rings. The molecule has 0 aromatic heterocycles. The molecule has 5 nitrogen and oxygen atoms in total. The summed E-state index contributed by atoms with van der Waals surface area (Å²) in [4.78, 5) is 12.2. The molecular weight excluding hydrogens is 318 g/mol. The highest BCUT2D eigenvalue weighted by Crippen LogP contribution is 2.31. The second kappa shape index (κ2) is 7.92. The average Bonchev–Trinajstić information content (AvgIpc) is 2.66. The molecule has 0 unspecified atom stereocenters. The standard InChI is InChI=1S/C20H23NO4/c1-14(16-5-7-17(23-2)8-6-16)21-20(22)10-4-15-3-9-18-19(13-15)25-12-11-24-18/h3,5-9,13-14H,4,10-12H2,1-2H3,(H,21,22)/t14-/m1/s1. The van der Waals surface area contributed by atoms with Gasteiger partial charge in [0, 0.05) is 6.42 Å². The Morgan fingerprint density at radius 2 is 1.84 bits per heavy atom. The summed E-state index contributed by atoms with van der Waals surface area (Å²) in [6, 6.07) is 13.5. The zero-order valence-electron chi connectivity index (χ0n) is 14.6. The van der Waals surface area contributed by atoms with E-state index in [0.717, 1.165) is 28.4 Å². The Morgan fingerprint density at radius 3 is 2.56 bits per heavy atom. The number of fused-ring (bicyclic) bond motifs is 1. The van der Waals surface area contributed by atoms with E-state index in [1.54, 1.807) is 7.11 Å². The van der Waals surface area contributed by atoms with Crippen molar-refractivity contribution >= 4 is 5.91 Å². The van der Waals surface area contributed by atoms with Crippen LogP contribution in [-0.2, 0) is 11.2 Å². The van der Waals surface area contributed by atoms with Crippen molar-refractivity contribution in [3.8, 4) is 17.2 Å². The van der Waals surface area contributed by atoms with E-state index in [2.05, 4.69) is 5.32 Å². The van der Waals surface area contributed by atoms with E-state index < -0.39 is 0 Å². The van der Waals surface area contributed by atoms with Crippen LogP contribution in [0.15, 0.2) is 42.5 Å². The number of benzene rings is 2. The van der Waals surface area contributed by atoms with E-state index in [-0.39, 0.29) is 11.9 Å². The highest BCUT2D eigenvalue weighted by atomic mass is 16.6. The summed E-state index contributed by atoms with van der Waals surface area (Å²) >= 11 is 0. The number of ether oxygens (including phenoxy) is 3. The molecule has 25 heavy (non-hydrogen) atoms. The quantitative estimate of drug-likeness (QED) is 0.876. The highest BCUT2D eigenvalue weighted by Gasteiger charge is 2.13. The summed E-state index contributed by atoms with van der Waals surface area (Å²) < 4.78 is 16.2. The number of hydrogen-bond donors (Lipinski definition) is 1. The number of amides is 1. The molecule has 0 saturated heterocycles. The van der Waals surface area contributed by atoms with Crippen LogP contribution in [0.4, 0.5) is 0 Å². The van der Waals surface area contributed by atoms with Gasteiger partial charge >= 0.3 is 0 Å². The van der Waals surface area contributed by atoms with Crippen LogP contribution in [0.2, 0.25) is 0 Å². The molecule has 1 heterocycles. The lowest BCUT2D eigenvalue weighted by molar-refractivity contribution is -0.121. The molecule has 0 aliphatic carbocycles. The molecule has 0 fully saturated rings. The Labute approximate surface area is 147 Å². The monoisotopic (exact) mass is 341 g/mol. The number of methoxy groups -OCH3 is 1. The lowest BCUT2D eigenvalue weighted by atomic mass is 10.1. The fourth-order valence-electron chi connectivity index (χ4n) is 2.79. The molecule has 0 radical (unpaired) electrons. The molecular formula is C20H23NO4. The van der Waals surface area contributed by atoms with Crippen molar-refractivity contribution in [3.63, 3.8) is 0 Å². The van der Waals surface area contributed by atoms with Gasteiger partial charge in [-0.3, -0.25) is 4.79 Å². The Hall–Kier alpha value is -2.69. The van der Waals surface area contributed by atoms with E-state index in [1.807, 2.05) is 49.4 Å². The third-order valence-electron chi connectivity index (χ3n) is 4.24. The Kier molecular flexibility index (Phi) is 5.43. The highest BCUT2D eigenvalue weighted by molar-refractivity contribution is 5.76. The maximum atomic E-state index is 12.2. The van der Waals surface area contributed by atoms with Gasteiger partial charge in [0.1, 0.15) is 19.0 Å². The Bertz CT molecular complexity index is 727. The van der Waals surface area contributed by atoms with Gasteiger partial charge in [0.15, 0.2) is 11.5 Å². The molecule has 5 heteroatoms. The summed E-state index contributed by atoms with van der Waals surface area (Å²) in [6.45, 7) is 3.12. The van der Waals surface area contributed by atoms with Gasteiger partial charge in [-0.1, -0.05) is 18.2 Å².